The Morgan fingerprint density at radius 2 is 2.14 bits per heavy atom. The molecule has 1 fully saturated rings. The minimum atomic E-state index is -0.673. The van der Waals surface area contributed by atoms with Gasteiger partial charge in [-0.1, -0.05) is 24.3 Å². The fourth-order valence-electron chi connectivity index (χ4n) is 4.58. The number of benzene rings is 1. The van der Waals surface area contributed by atoms with Gasteiger partial charge in [-0.3, -0.25) is 14.5 Å². The lowest BCUT2D eigenvalue weighted by Gasteiger charge is -2.31. The van der Waals surface area contributed by atoms with E-state index in [0.717, 1.165) is 35.4 Å². The Morgan fingerprint density at radius 1 is 1.33 bits per heavy atom. The zero-order valence-electron chi connectivity index (χ0n) is 21.4. The van der Waals surface area contributed by atoms with E-state index in [2.05, 4.69) is 39.2 Å². The summed E-state index contributed by atoms with van der Waals surface area (Å²) >= 11 is 1.61. The van der Waals surface area contributed by atoms with Crippen LogP contribution in [0.3, 0.4) is 0 Å². The molecule has 2 heterocycles. The highest BCUT2D eigenvalue weighted by Crippen LogP contribution is 2.21. The first-order valence-electron chi connectivity index (χ1n) is 12.3. The van der Waals surface area contributed by atoms with Crippen LogP contribution in [0.4, 0.5) is 0 Å². The number of nitrogens with one attached hydrogen (secondary N) is 2. The summed E-state index contributed by atoms with van der Waals surface area (Å²) in [7, 11) is 1.33. The third kappa shape index (κ3) is 8.09. The number of nitrogens with zero attached hydrogens (tertiary/aromatic N) is 3. The van der Waals surface area contributed by atoms with E-state index in [4.69, 9.17) is 4.74 Å². The molecule has 9 nitrogen and oxygen atoms in total. The molecule has 0 saturated carbocycles. The number of aromatic amines is 1. The van der Waals surface area contributed by atoms with Gasteiger partial charge in [0.05, 0.1) is 32.1 Å². The van der Waals surface area contributed by atoms with Gasteiger partial charge in [0.1, 0.15) is 6.04 Å². The number of imidazole rings is 1. The number of H-pyrrole nitrogens is 1. The van der Waals surface area contributed by atoms with Crippen LogP contribution in [-0.2, 0) is 32.1 Å². The third-order valence-corrected chi connectivity index (χ3v) is 7.15. The summed E-state index contributed by atoms with van der Waals surface area (Å²) < 4.78 is 4.89. The van der Waals surface area contributed by atoms with Gasteiger partial charge in [0.2, 0.25) is 11.8 Å². The maximum Gasteiger partial charge on any atom is 0.328 e. The Balaban J connectivity index is 1.70. The van der Waals surface area contributed by atoms with Gasteiger partial charge in [-0.15, -0.1) is 0 Å². The second kappa shape index (κ2) is 14.0. The predicted octanol–water partition coefficient (Wildman–Crippen LogP) is 2.16. The van der Waals surface area contributed by atoms with Crippen molar-refractivity contribution in [3.63, 3.8) is 0 Å². The Hall–Kier alpha value is -2.85. The van der Waals surface area contributed by atoms with E-state index in [-0.39, 0.29) is 30.8 Å². The van der Waals surface area contributed by atoms with Gasteiger partial charge in [0, 0.05) is 31.9 Å². The average Bonchev–Trinajstić information content (AvgIpc) is 3.54. The largest absolute Gasteiger partial charge is 0.467 e. The number of hydrogen-bond donors (Lipinski definition) is 2. The van der Waals surface area contributed by atoms with E-state index >= 15 is 0 Å². The summed E-state index contributed by atoms with van der Waals surface area (Å²) in [6, 6.07) is 7.44. The van der Waals surface area contributed by atoms with Crippen LogP contribution in [0.15, 0.2) is 36.8 Å². The van der Waals surface area contributed by atoms with E-state index in [1.165, 1.54) is 7.11 Å². The molecule has 2 atom stereocenters. The molecule has 2 aromatic rings. The Labute approximate surface area is 217 Å². The SMILES string of the molecule is COC(=O)[C@H](CCSC)NC(=O)CN(Cc1ccccc1C)C[C@@H]1CCCN1C(=O)Cc1c[nH]cn1. The Morgan fingerprint density at radius 3 is 2.83 bits per heavy atom. The maximum atomic E-state index is 13.1. The summed E-state index contributed by atoms with van der Waals surface area (Å²) in [5, 5.41) is 2.86. The molecular formula is C26H37N5O4S. The molecule has 1 aromatic heterocycles. The first-order chi connectivity index (χ1) is 17.4. The molecule has 1 aliphatic rings. The van der Waals surface area contributed by atoms with Crippen LogP contribution in [-0.4, -0.2) is 88.4 Å². The first kappa shape index (κ1) is 27.7. The molecule has 0 aliphatic carbocycles. The number of likely N-dealkylation sites (tertiary alicyclic amines) is 1. The van der Waals surface area contributed by atoms with E-state index in [1.54, 1.807) is 24.3 Å². The highest BCUT2D eigenvalue weighted by Gasteiger charge is 2.31. The van der Waals surface area contributed by atoms with E-state index in [9.17, 15) is 14.4 Å². The maximum absolute atomic E-state index is 13.1. The van der Waals surface area contributed by atoms with Gasteiger partial charge < -0.3 is 19.9 Å². The lowest BCUT2D eigenvalue weighted by atomic mass is 10.1. The van der Waals surface area contributed by atoms with Crippen molar-refractivity contribution in [3.8, 4) is 0 Å². The molecule has 0 spiro atoms. The van der Waals surface area contributed by atoms with Gasteiger partial charge in [0.25, 0.3) is 0 Å². The molecule has 2 N–H and O–H groups in total. The summed E-state index contributed by atoms with van der Waals surface area (Å²) in [4.78, 5) is 49.3. The number of esters is 1. The summed E-state index contributed by atoms with van der Waals surface area (Å²) in [6.45, 7) is 4.03. The summed E-state index contributed by atoms with van der Waals surface area (Å²) in [5.74, 6) is 0.122. The van der Waals surface area contributed by atoms with Gasteiger partial charge in [-0.2, -0.15) is 11.8 Å². The van der Waals surface area contributed by atoms with Gasteiger partial charge in [-0.05, 0) is 49.3 Å². The summed E-state index contributed by atoms with van der Waals surface area (Å²) in [5.41, 5.74) is 3.00. The third-order valence-electron chi connectivity index (χ3n) is 6.51. The van der Waals surface area contributed by atoms with Crippen LogP contribution in [0.25, 0.3) is 0 Å². The molecule has 0 unspecified atom stereocenters. The van der Waals surface area contributed by atoms with E-state index in [1.807, 2.05) is 23.3 Å². The average molecular weight is 516 g/mol. The molecule has 196 valence electrons. The molecule has 0 bridgehead atoms. The van der Waals surface area contributed by atoms with Gasteiger partial charge in [0.15, 0.2) is 0 Å². The molecule has 0 radical (unpaired) electrons. The zero-order chi connectivity index (χ0) is 25.9. The van der Waals surface area contributed by atoms with Crippen molar-refractivity contribution < 1.29 is 19.1 Å². The fourth-order valence-corrected chi connectivity index (χ4v) is 5.05. The molecule has 1 saturated heterocycles. The van der Waals surface area contributed by atoms with Gasteiger partial charge in [-0.25, -0.2) is 9.78 Å². The Kier molecular flexibility index (Phi) is 10.8. The van der Waals surface area contributed by atoms with E-state index in [0.29, 0.717) is 26.1 Å². The van der Waals surface area contributed by atoms with Crippen molar-refractivity contribution >= 4 is 29.5 Å². The first-order valence-corrected chi connectivity index (χ1v) is 13.7. The lowest BCUT2D eigenvalue weighted by Crippen LogP contribution is -2.49. The van der Waals surface area contributed by atoms with Crippen LogP contribution >= 0.6 is 11.8 Å². The number of methoxy groups -OCH3 is 1. The topological polar surface area (TPSA) is 108 Å². The highest BCUT2D eigenvalue weighted by molar-refractivity contribution is 7.98. The van der Waals surface area contributed by atoms with Crippen molar-refractivity contribution in [2.45, 2.75) is 51.2 Å². The number of rotatable bonds is 13. The van der Waals surface area contributed by atoms with Crippen LogP contribution in [0, 0.1) is 6.92 Å². The molecule has 3 rings (SSSR count). The quantitative estimate of drug-likeness (QED) is 0.394. The highest BCUT2D eigenvalue weighted by atomic mass is 32.2. The fraction of sp³-hybridized carbons (Fsp3) is 0.538. The van der Waals surface area contributed by atoms with Crippen LogP contribution < -0.4 is 5.32 Å². The number of amides is 2. The van der Waals surface area contributed by atoms with Crippen molar-refractivity contribution in [2.75, 3.05) is 38.8 Å². The standard InChI is InChI=1S/C26H37N5O4S/c1-19-7-4-5-8-20(19)15-30(17-24(32)29-23(10-12-36-3)26(34)35-2)16-22-9-6-11-31(22)25(33)13-21-14-27-18-28-21/h4-5,7-8,14,18,22-23H,6,9-13,15-17H2,1-3H3,(H,27,28)(H,29,32)/t22-,23-/m0/s1. The molecule has 2 amide bonds. The second-order valence-electron chi connectivity index (χ2n) is 9.14. The predicted molar refractivity (Wildman–Crippen MR) is 140 cm³/mol. The zero-order valence-corrected chi connectivity index (χ0v) is 22.2. The minimum Gasteiger partial charge on any atom is -0.467 e. The number of aromatic nitrogens is 2. The van der Waals surface area contributed by atoms with Crippen LogP contribution in [0.5, 0.6) is 0 Å². The van der Waals surface area contributed by atoms with Crippen LogP contribution in [0.2, 0.25) is 0 Å². The van der Waals surface area contributed by atoms with Crippen molar-refractivity contribution in [1.29, 1.82) is 0 Å². The lowest BCUT2D eigenvalue weighted by molar-refractivity contribution is -0.145. The molecular weight excluding hydrogens is 478 g/mol. The van der Waals surface area contributed by atoms with Crippen LogP contribution in [0.1, 0.15) is 36.1 Å². The summed E-state index contributed by atoms with van der Waals surface area (Å²) in [6.07, 6.45) is 7.86. The van der Waals surface area contributed by atoms with Crippen molar-refractivity contribution in [1.82, 2.24) is 25.1 Å². The smallest absolute Gasteiger partial charge is 0.328 e. The monoisotopic (exact) mass is 515 g/mol. The molecule has 36 heavy (non-hydrogen) atoms. The number of carbonyl (C=O) groups is 3. The molecule has 10 heteroatoms. The number of carbonyl (C=O) groups excluding carboxylic acids is 3. The number of thioether (sulfide) groups is 1. The van der Waals surface area contributed by atoms with Gasteiger partial charge >= 0.3 is 5.97 Å². The molecule has 1 aromatic carbocycles. The Bertz CT molecular complexity index is 1000. The number of ether oxygens (including phenoxy) is 1. The molecule has 1 aliphatic heterocycles. The number of hydrogen-bond acceptors (Lipinski definition) is 7. The second-order valence-corrected chi connectivity index (χ2v) is 10.1. The number of aryl methyl sites for hydroxylation is 1. The van der Waals surface area contributed by atoms with Crippen molar-refractivity contribution in [2.24, 2.45) is 0 Å². The van der Waals surface area contributed by atoms with E-state index < -0.39 is 12.0 Å². The minimum absolute atomic E-state index is 0.0150. The normalized spacial score (nSPS) is 16.2. The van der Waals surface area contributed by atoms with Crippen molar-refractivity contribution in [3.05, 3.63) is 53.6 Å².